The number of halogens is 1. The predicted octanol–water partition coefficient (Wildman–Crippen LogP) is 4.53. The summed E-state index contributed by atoms with van der Waals surface area (Å²) in [6.45, 7) is 2.10. The van der Waals surface area contributed by atoms with Crippen molar-refractivity contribution in [2.24, 2.45) is 5.73 Å². The topological polar surface area (TPSA) is 44.5 Å². The van der Waals surface area contributed by atoms with Crippen LogP contribution in [0.4, 0.5) is 0 Å². The molecular formula is C17H20BrNO2. The average Bonchev–Trinajstić information content (AvgIpc) is 2.49. The van der Waals surface area contributed by atoms with Crippen LogP contribution >= 0.6 is 15.9 Å². The molecule has 1 unspecified atom stereocenters. The SMILES string of the molecule is CCC(N)Cc1cccc(Oc2ccc(OC)cc2Br)c1. The van der Waals surface area contributed by atoms with Gasteiger partial charge in [-0.25, -0.2) is 0 Å². The number of ether oxygens (including phenoxy) is 2. The second-order valence-electron chi connectivity index (χ2n) is 4.92. The van der Waals surface area contributed by atoms with Gasteiger partial charge in [0.2, 0.25) is 0 Å². The molecule has 2 aromatic carbocycles. The highest BCUT2D eigenvalue weighted by Gasteiger charge is 2.06. The number of rotatable bonds is 6. The Labute approximate surface area is 134 Å². The minimum atomic E-state index is 0.188. The molecule has 3 nitrogen and oxygen atoms in total. The summed E-state index contributed by atoms with van der Waals surface area (Å²) >= 11 is 3.49. The summed E-state index contributed by atoms with van der Waals surface area (Å²) in [4.78, 5) is 0. The monoisotopic (exact) mass is 349 g/mol. The lowest BCUT2D eigenvalue weighted by molar-refractivity contribution is 0.412. The van der Waals surface area contributed by atoms with Gasteiger partial charge in [0.05, 0.1) is 11.6 Å². The smallest absolute Gasteiger partial charge is 0.141 e. The molecular weight excluding hydrogens is 330 g/mol. The van der Waals surface area contributed by atoms with Crippen LogP contribution in [0.25, 0.3) is 0 Å². The van der Waals surface area contributed by atoms with Gasteiger partial charge in [-0.3, -0.25) is 0 Å². The summed E-state index contributed by atoms with van der Waals surface area (Å²) in [6, 6.07) is 13.9. The fraction of sp³-hybridized carbons (Fsp3) is 0.294. The van der Waals surface area contributed by atoms with Crippen molar-refractivity contribution in [3.05, 3.63) is 52.5 Å². The molecule has 2 rings (SSSR count). The zero-order valence-electron chi connectivity index (χ0n) is 12.3. The quantitative estimate of drug-likeness (QED) is 0.833. The highest BCUT2D eigenvalue weighted by atomic mass is 79.9. The second kappa shape index (κ2) is 7.48. The molecule has 0 aromatic heterocycles. The van der Waals surface area contributed by atoms with E-state index in [1.54, 1.807) is 7.11 Å². The molecule has 0 spiro atoms. The molecule has 0 radical (unpaired) electrons. The summed E-state index contributed by atoms with van der Waals surface area (Å²) < 4.78 is 12.0. The molecule has 0 aliphatic heterocycles. The van der Waals surface area contributed by atoms with E-state index in [-0.39, 0.29) is 6.04 Å². The Morgan fingerprint density at radius 3 is 2.62 bits per heavy atom. The van der Waals surface area contributed by atoms with Crippen molar-refractivity contribution < 1.29 is 9.47 Å². The molecule has 0 aliphatic rings. The van der Waals surface area contributed by atoms with Crippen LogP contribution in [0, 0.1) is 0 Å². The van der Waals surface area contributed by atoms with E-state index in [9.17, 15) is 0 Å². The van der Waals surface area contributed by atoms with Crippen molar-refractivity contribution in [3.8, 4) is 17.2 Å². The van der Waals surface area contributed by atoms with Crippen molar-refractivity contribution in [2.75, 3.05) is 7.11 Å². The first kappa shape index (κ1) is 15.9. The molecule has 0 saturated carbocycles. The van der Waals surface area contributed by atoms with E-state index < -0.39 is 0 Å². The number of hydrogen-bond donors (Lipinski definition) is 1. The van der Waals surface area contributed by atoms with Gasteiger partial charge < -0.3 is 15.2 Å². The molecule has 4 heteroatoms. The van der Waals surface area contributed by atoms with Gasteiger partial charge in [-0.05, 0) is 64.7 Å². The lowest BCUT2D eigenvalue weighted by Gasteiger charge is -2.12. The Morgan fingerprint density at radius 2 is 1.95 bits per heavy atom. The Hall–Kier alpha value is -1.52. The third-order valence-corrected chi connectivity index (χ3v) is 3.91. The molecule has 0 bridgehead atoms. The fourth-order valence-electron chi connectivity index (χ4n) is 2.00. The molecule has 0 amide bonds. The maximum absolute atomic E-state index is 6.00. The molecule has 21 heavy (non-hydrogen) atoms. The minimum absolute atomic E-state index is 0.188. The Balaban J connectivity index is 2.14. The van der Waals surface area contributed by atoms with Gasteiger partial charge in [-0.1, -0.05) is 19.1 Å². The van der Waals surface area contributed by atoms with Crippen molar-refractivity contribution in [2.45, 2.75) is 25.8 Å². The molecule has 0 fully saturated rings. The van der Waals surface area contributed by atoms with Crippen molar-refractivity contribution in [3.63, 3.8) is 0 Å². The van der Waals surface area contributed by atoms with Gasteiger partial charge in [0, 0.05) is 6.04 Å². The number of methoxy groups -OCH3 is 1. The Kier molecular flexibility index (Phi) is 5.65. The second-order valence-corrected chi connectivity index (χ2v) is 5.77. The zero-order chi connectivity index (χ0) is 15.2. The van der Waals surface area contributed by atoms with Crippen molar-refractivity contribution in [1.29, 1.82) is 0 Å². The Morgan fingerprint density at radius 1 is 1.14 bits per heavy atom. The first-order valence-electron chi connectivity index (χ1n) is 6.98. The zero-order valence-corrected chi connectivity index (χ0v) is 13.9. The van der Waals surface area contributed by atoms with Crippen molar-refractivity contribution in [1.82, 2.24) is 0 Å². The maximum atomic E-state index is 6.00. The third kappa shape index (κ3) is 4.48. The summed E-state index contributed by atoms with van der Waals surface area (Å²) in [6.07, 6.45) is 1.83. The average molecular weight is 350 g/mol. The highest BCUT2D eigenvalue weighted by molar-refractivity contribution is 9.10. The van der Waals surface area contributed by atoms with Crippen LogP contribution < -0.4 is 15.2 Å². The third-order valence-electron chi connectivity index (χ3n) is 3.29. The molecule has 0 heterocycles. The van der Waals surface area contributed by atoms with Gasteiger partial charge in [-0.2, -0.15) is 0 Å². The highest BCUT2D eigenvalue weighted by Crippen LogP contribution is 2.33. The predicted molar refractivity (Wildman–Crippen MR) is 89.2 cm³/mol. The molecule has 0 aliphatic carbocycles. The summed E-state index contributed by atoms with van der Waals surface area (Å²) in [7, 11) is 1.64. The summed E-state index contributed by atoms with van der Waals surface area (Å²) in [5.41, 5.74) is 7.19. The van der Waals surface area contributed by atoms with Gasteiger partial charge in [-0.15, -0.1) is 0 Å². The normalized spacial score (nSPS) is 12.0. The largest absolute Gasteiger partial charge is 0.497 e. The number of nitrogens with two attached hydrogens (primary N) is 1. The molecule has 1 atom stereocenters. The fourth-order valence-corrected chi connectivity index (χ4v) is 2.44. The lowest BCUT2D eigenvalue weighted by Crippen LogP contribution is -2.21. The van der Waals surface area contributed by atoms with E-state index >= 15 is 0 Å². The molecule has 0 saturated heterocycles. The van der Waals surface area contributed by atoms with Gasteiger partial charge in [0.1, 0.15) is 17.2 Å². The van der Waals surface area contributed by atoms with Crippen LogP contribution in [0.5, 0.6) is 17.2 Å². The van der Waals surface area contributed by atoms with Crippen LogP contribution in [0.15, 0.2) is 46.9 Å². The summed E-state index contributed by atoms with van der Waals surface area (Å²) in [5, 5.41) is 0. The van der Waals surface area contributed by atoms with Crippen molar-refractivity contribution >= 4 is 15.9 Å². The van der Waals surface area contributed by atoms with Gasteiger partial charge in [0.15, 0.2) is 0 Å². The number of benzene rings is 2. The summed E-state index contributed by atoms with van der Waals surface area (Å²) in [5.74, 6) is 2.35. The van der Waals surface area contributed by atoms with Crippen LogP contribution in [0.3, 0.4) is 0 Å². The number of hydrogen-bond acceptors (Lipinski definition) is 3. The van der Waals surface area contributed by atoms with Gasteiger partial charge >= 0.3 is 0 Å². The van der Waals surface area contributed by atoms with Crippen LogP contribution in [-0.2, 0) is 6.42 Å². The molecule has 112 valence electrons. The van der Waals surface area contributed by atoms with E-state index in [2.05, 4.69) is 28.9 Å². The maximum Gasteiger partial charge on any atom is 0.141 e. The van der Waals surface area contributed by atoms with E-state index in [0.717, 1.165) is 34.6 Å². The lowest BCUT2D eigenvalue weighted by atomic mass is 10.0. The first-order valence-corrected chi connectivity index (χ1v) is 7.77. The minimum Gasteiger partial charge on any atom is -0.497 e. The van der Waals surface area contributed by atoms with E-state index in [0.29, 0.717) is 0 Å². The van der Waals surface area contributed by atoms with E-state index in [1.807, 2.05) is 36.4 Å². The Bertz CT molecular complexity index is 601. The van der Waals surface area contributed by atoms with Crippen LogP contribution in [0.1, 0.15) is 18.9 Å². The molecule has 2 aromatic rings. The van der Waals surface area contributed by atoms with E-state index in [1.165, 1.54) is 5.56 Å². The van der Waals surface area contributed by atoms with Crippen LogP contribution in [-0.4, -0.2) is 13.2 Å². The standard InChI is InChI=1S/C17H20BrNO2/c1-3-13(19)9-12-5-4-6-15(10-12)21-17-8-7-14(20-2)11-16(17)18/h4-8,10-11,13H,3,9,19H2,1-2H3. The first-order chi connectivity index (χ1) is 10.1. The van der Waals surface area contributed by atoms with Gasteiger partial charge in [0.25, 0.3) is 0 Å². The van der Waals surface area contributed by atoms with E-state index in [4.69, 9.17) is 15.2 Å². The molecule has 2 N–H and O–H groups in total. The van der Waals surface area contributed by atoms with Crippen LogP contribution in [0.2, 0.25) is 0 Å².